The van der Waals surface area contributed by atoms with Crippen molar-refractivity contribution in [2.45, 2.75) is 0 Å². The average molecular weight is 327 g/mol. The molecule has 0 N–H and O–H groups in total. The lowest BCUT2D eigenvalue weighted by atomic mass is 10.2. The standard InChI is InChI=1S/C14H12Cl2N2O3/c1-20-11-4-3-9(7-12(11)21-2)5-6-18-14(19)13(16)10(15)8-17-18/h3-8H,1-2H3/b6-5+. The summed E-state index contributed by atoms with van der Waals surface area (Å²) in [6, 6.07) is 5.36. The maximum atomic E-state index is 11.8. The van der Waals surface area contributed by atoms with Crippen molar-refractivity contribution in [3.05, 3.63) is 50.4 Å². The Morgan fingerprint density at radius 3 is 2.57 bits per heavy atom. The highest BCUT2D eigenvalue weighted by atomic mass is 35.5. The number of halogens is 2. The van der Waals surface area contributed by atoms with Crippen molar-refractivity contribution >= 4 is 35.5 Å². The highest BCUT2D eigenvalue weighted by molar-refractivity contribution is 6.41. The molecule has 110 valence electrons. The third kappa shape index (κ3) is 3.37. The minimum absolute atomic E-state index is 0.0661. The summed E-state index contributed by atoms with van der Waals surface area (Å²) in [4.78, 5) is 11.8. The van der Waals surface area contributed by atoms with Gasteiger partial charge in [0.25, 0.3) is 5.56 Å². The molecule has 0 spiro atoms. The Hall–Kier alpha value is -1.98. The average Bonchev–Trinajstić information content (AvgIpc) is 2.51. The molecule has 1 aromatic heterocycles. The maximum Gasteiger partial charge on any atom is 0.291 e. The van der Waals surface area contributed by atoms with Gasteiger partial charge in [-0.2, -0.15) is 5.10 Å². The molecule has 0 atom stereocenters. The van der Waals surface area contributed by atoms with Crippen LogP contribution in [0.1, 0.15) is 5.56 Å². The van der Waals surface area contributed by atoms with E-state index in [1.165, 1.54) is 12.4 Å². The van der Waals surface area contributed by atoms with Crippen LogP contribution in [-0.2, 0) is 0 Å². The Morgan fingerprint density at radius 2 is 1.90 bits per heavy atom. The molecular weight excluding hydrogens is 315 g/mol. The molecule has 0 aliphatic rings. The van der Waals surface area contributed by atoms with Gasteiger partial charge in [-0.3, -0.25) is 4.79 Å². The summed E-state index contributed by atoms with van der Waals surface area (Å²) < 4.78 is 11.5. The SMILES string of the molecule is COc1ccc(/C=C/n2ncc(Cl)c(Cl)c2=O)cc1OC. The summed E-state index contributed by atoms with van der Waals surface area (Å²) >= 11 is 11.5. The van der Waals surface area contributed by atoms with E-state index in [0.717, 1.165) is 10.2 Å². The number of nitrogens with zero attached hydrogens (tertiary/aromatic N) is 2. The Balaban J connectivity index is 2.34. The largest absolute Gasteiger partial charge is 0.493 e. The summed E-state index contributed by atoms with van der Waals surface area (Å²) in [6.07, 6.45) is 4.50. The van der Waals surface area contributed by atoms with E-state index >= 15 is 0 Å². The van der Waals surface area contributed by atoms with E-state index in [2.05, 4.69) is 5.10 Å². The summed E-state index contributed by atoms with van der Waals surface area (Å²) in [6.45, 7) is 0. The molecule has 1 aromatic carbocycles. The van der Waals surface area contributed by atoms with Gasteiger partial charge in [-0.25, -0.2) is 4.68 Å². The number of aromatic nitrogens is 2. The molecule has 0 saturated carbocycles. The smallest absolute Gasteiger partial charge is 0.291 e. The van der Waals surface area contributed by atoms with Crippen molar-refractivity contribution in [3.8, 4) is 11.5 Å². The van der Waals surface area contributed by atoms with E-state index in [4.69, 9.17) is 32.7 Å². The van der Waals surface area contributed by atoms with E-state index in [-0.39, 0.29) is 10.0 Å². The van der Waals surface area contributed by atoms with E-state index in [9.17, 15) is 4.79 Å². The molecule has 2 rings (SSSR count). The minimum atomic E-state index is -0.485. The summed E-state index contributed by atoms with van der Waals surface area (Å²) in [5, 5.41) is 3.93. The lowest BCUT2D eigenvalue weighted by Gasteiger charge is -2.07. The number of hydrogen-bond acceptors (Lipinski definition) is 4. The second kappa shape index (κ2) is 6.65. The lowest BCUT2D eigenvalue weighted by Crippen LogP contribution is -2.18. The van der Waals surface area contributed by atoms with Crippen LogP contribution in [0.4, 0.5) is 0 Å². The number of ether oxygens (including phenoxy) is 2. The van der Waals surface area contributed by atoms with Gasteiger partial charge in [0.1, 0.15) is 5.02 Å². The van der Waals surface area contributed by atoms with Gasteiger partial charge in [0.15, 0.2) is 11.5 Å². The maximum absolute atomic E-state index is 11.8. The quantitative estimate of drug-likeness (QED) is 0.865. The van der Waals surface area contributed by atoms with Crippen LogP contribution in [-0.4, -0.2) is 24.0 Å². The zero-order chi connectivity index (χ0) is 15.4. The molecule has 5 nitrogen and oxygen atoms in total. The predicted octanol–water partition coefficient (Wildman–Crippen LogP) is 3.20. The molecular formula is C14H12Cl2N2O3. The molecule has 0 fully saturated rings. The van der Waals surface area contributed by atoms with Gasteiger partial charge in [0, 0.05) is 6.20 Å². The topological polar surface area (TPSA) is 53.4 Å². The van der Waals surface area contributed by atoms with Gasteiger partial charge in [0.05, 0.1) is 25.4 Å². The molecule has 0 unspecified atom stereocenters. The first kappa shape index (κ1) is 15.4. The fraction of sp³-hybridized carbons (Fsp3) is 0.143. The molecule has 0 bridgehead atoms. The fourth-order valence-corrected chi connectivity index (χ4v) is 1.90. The Bertz CT molecular complexity index is 741. The van der Waals surface area contributed by atoms with E-state index < -0.39 is 5.56 Å². The number of benzene rings is 1. The van der Waals surface area contributed by atoms with Crippen molar-refractivity contribution in [1.82, 2.24) is 9.78 Å². The number of rotatable bonds is 4. The third-order valence-electron chi connectivity index (χ3n) is 2.72. The molecule has 21 heavy (non-hydrogen) atoms. The van der Waals surface area contributed by atoms with Crippen LogP contribution < -0.4 is 15.0 Å². The number of hydrogen-bond donors (Lipinski definition) is 0. The van der Waals surface area contributed by atoms with Crippen LogP contribution >= 0.6 is 23.2 Å². The van der Waals surface area contributed by atoms with Crippen LogP contribution in [0.25, 0.3) is 12.3 Å². The molecule has 1 heterocycles. The van der Waals surface area contributed by atoms with Crippen LogP contribution in [0.2, 0.25) is 10.0 Å². The Kier molecular flexibility index (Phi) is 4.88. The van der Waals surface area contributed by atoms with E-state index in [1.54, 1.807) is 32.4 Å². The Morgan fingerprint density at radius 1 is 1.19 bits per heavy atom. The highest BCUT2D eigenvalue weighted by Gasteiger charge is 2.06. The van der Waals surface area contributed by atoms with Crippen molar-refractivity contribution in [2.24, 2.45) is 0 Å². The molecule has 0 aliphatic heterocycles. The molecule has 2 aromatic rings. The second-order valence-corrected chi connectivity index (χ2v) is 4.77. The first-order valence-electron chi connectivity index (χ1n) is 5.90. The van der Waals surface area contributed by atoms with Crippen LogP contribution in [0.15, 0.2) is 29.2 Å². The summed E-state index contributed by atoms with van der Waals surface area (Å²) in [7, 11) is 3.11. The molecule has 0 saturated heterocycles. The van der Waals surface area contributed by atoms with Gasteiger partial charge >= 0.3 is 0 Å². The fourth-order valence-electron chi connectivity index (χ4n) is 1.64. The molecule has 0 radical (unpaired) electrons. The van der Waals surface area contributed by atoms with Gasteiger partial charge in [-0.05, 0) is 23.8 Å². The Labute approximate surface area is 131 Å². The van der Waals surface area contributed by atoms with Gasteiger partial charge < -0.3 is 9.47 Å². The normalized spacial score (nSPS) is 10.9. The van der Waals surface area contributed by atoms with Gasteiger partial charge in [0.2, 0.25) is 0 Å². The summed E-state index contributed by atoms with van der Waals surface area (Å²) in [5.74, 6) is 1.22. The first-order chi connectivity index (χ1) is 10.1. The third-order valence-corrected chi connectivity index (χ3v) is 3.47. The second-order valence-electron chi connectivity index (χ2n) is 3.99. The monoisotopic (exact) mass is 326 g/mol. The van der Waals surface area contributed by atoms with Crippen LogP contribution in [0, 0.1) is 0 Å². The van der Waals surface area contributed by atoms with E-state index in [1.807, 2.05) is 6.07 Å². The predicted molar refractivity (Wildman–Crippen MR) is 83.3 cm³/mol. The number of methoxy groups -OCH3 is 2. The van der Waals surface area contributed by atoms with E-state index in [0.29, 0.717) is 11.5 Å². The van der Waals surface area contributed by atoms with Crippen molar-refractivity contribution < 1.29 is 9.47 Å². The molecule has 7 heteroatoms. The molecule has 0 aliphatic carbocycles. The minimum Gasteiger partial charge on any atom is -0.493 e. The summed E-state index contributed by atoms with van der Waals surface area (Å²) in [5.41, 5.74) is 0.327. The molecule has 0 amide bonds. The first-order valence-corrected chi connectivity index (χ1v) is 6.65. The zero-order valence-electron chi connectivity index (χ0n) is 11.3. The van der Waals surface area contributed by atoms with Crippen LogP contribution in [0.5, 0.6) is 11.5 Å². The van der Waals surface area contributed by atoms with Crippen molar-refractivity contribution in [1.29, 1.82) is 0 Å². The van der Waals surface area contributed by atoms with Crippen LogP contribution in [0.3, 0.4) is 0 Å². The van der Waals surface area contributed by atoms with Gasteiger partial charge in [-0.15, -0.1) is 0 Å². The lowest BCUT2D eigenvalue weighted by molar-refractivity contribution is 0.355. The zero-order valence-corrected chi connectivity index (χ0v) is 12.9. The van der Waals surface area contributed by atoms with Crippen molar-refractivity contribution in [2.75, 3.05) is 14.2 Å². The highest BCUT2D eigenvalue weighted by Crippen LogP contribution is 2.28. The van der Waals surface area contributed by atoms with Crippen molar-refractivity contribution in [3.63, 3.8) is 0 Å². The van der Waals surface area contributed by atoms with Gasteiger partial charge in [-0.1, -0.05) is 29.3 Å².